The van der Waals surface area contributed by atoms with Gasteiger partial charge in [-0.1, -0.05) is 0 Å². The molecule has 1 fully saturated rings. The van der Waals surface area contributed by atoms with E-state index in [0.29, 0.717) is 13.2 Å². The van der Waals surface area contributed by atoms with Gasteiger partial charge in [0.05, 0.1) is 5.54 Å². The van der Waals surface area contributed by atoms with E-state index < -0.39 is 0 Å². The molecule has 0 unspecified atom stereocenters. The highest BCUT2D eigenvalue weighted by atomic mass is 16.6. The maximum Gasteiger partial charge on any atom is 0.409 e. The lowest BCUT2D eigenvalue weighted by Gasteiger charge is -2.42. The van der Waals surface area contributed by atoms with Crippen molar-refractivity contribution in [3.63, 3.8) is 0 Å². The summed E-state index contributed by atoms with van der Waals surface area (Å²) >= 11 is 0. The molecular weight excluding hydrogens is 220 g/mol. The monoisotopic (exact) mass is 240 g/mol. The minimum absolute atomic E-state index is 0.0966. The molecule has 2 aliphatic heterocycles. The van der Waals surface area contributed by atoms with Crippen molar-refractivity contribution in [1.82, 2.24) is 10.3 Å². The van der Waals surface area contributed by atoms with Crippen LogP contribution >= 0.6 is 0 Å². The highest BCUT2D eigenvalue weighted by molar-refractivity contribution is 5.67. The number of nitrogens with two attached hydrogens (primary N) is 1. The third-order valence-electron chi connectivity index (χ3n) is 3.47. The molecule has 0 aromatic carbocycles. The Hall–Kier alpha value is -1.30. The van der Waals surface area contributed by atoms with Crippen molar-refractivity contribution in [2.75, 3.05) is 26.2 Å². The number of hydrogen-bond donors (Lipinski definition) is 2. The average molecular weight is 240 g/mol. The Bertz CT molecular complexity index is 298. The Morgan fingerprint density at radius 1 is 1.47 bits per heavy atom. The first-order chi connectivity index (χ1) is 8.26. The maximum atomic E-state index is 11.6. The molecule has 6 nitrogen and oxygen atoms in total. The summed E-state index contributed by atoms with van der Waals surface area (Å²) in [6, 6.07) is 0. The van der Waals surface area contributed by atoms with Crippen molar-refractivity contribution in [2.45, 2.75) is 31.2 Å². The van der Waals surface area contributed by atoms with E-state index in [4.69, 9.17) is 10.5 Å². The van der Waals surface area contributed by atoms with Crippen LogP contribution in [0, 0.1) is 0 Å². The number of amides is 1. The van der Waals surface area contributed by atoms with Crippen LogP contribution in [0.4, 0.5) is 4.79 Å². The standard InChI is InChI=1S/C11H20N4O2/c12-5-9-17-10(16)15-7-3-11(4-8-15)2-1-6-13-14-11/h6,14H,1-5,7-9,12H2. The van der Waals surface area contributed by atoms with E-state index in [-0.39, 0.29) is 11.6 Å². The number of carbonyl (C=O) groups is 1. The third-order valence-corrected chi connectivity index (χ3v) is 3.47. The Labute approximate surface area is 101 Å². The number of ether oxygens (including phenoxy) is 1. The van der Waals surface area contributed by atoms with Gasteiger partial charge in [0.15, 0.2) is 0 Å². The maximum absolute atomic E-state index is 11.6. The van der Waals surface area contributed by atoms with Crippen LogP contribution in [-0.4, -0.2) is 49.0 Å². The Kier molecular flexibility index (Phi) is 3.83. The Morgan fingerprint density at radius 3 is 2.82 bits per heavy atom. The number of hydrogen-bond acceptors (Lipinski definition) is 5. The number of piperidine rings is 1. The first-order valence-electron chi connectivity index (χ1n) is 6.16. The van der Waals surface area contributed by atoms with Crippen LogP contribution in [0.2, 0.25) is 0 Å². The normalized spacial score (nSPS) is 22.3. The predicted octanol–water partition coefficient (Wildman–Crippen LogP) is 0.285. The van der Waals surface area contributed by atoms with E-state index in [9.17, 15) is 4.79 Å². The van der Waals surface area contributed by atoms with Crippen LogP contribution in [0.25, 0.3) is 0 Å². The summed E-state index contributed by atoms with van der Waals surface area (Å²) in [4.78, 5) is 13.4. The van der Waals surface area contributed by atoms with E-state index in [0.717, 1.165) is 38.8 Å². The van der Waals surface area contributed by atoms with Crippen molar-refractivity contribution in [3.05, 3.63) is 0 Å². The van der Waals surface area contributed by atoms with E-state index in [2.05, 4.69) is 10.5 Å². The van der Waals surface area contributed by atoms with E-state index in [1.54, 1.807) is 4.90 Å². The molecule has 96 valence electrons. The summed E-state index contributed by atoms with van der Waals surface area (Å²) in [7, 11) is 0. The third kappa shape index (κ3) is 2.88. The quantitative estimate of drug-likeness (QED) is 0.727. The van der Waals surface area contributed by atoms with Crippen LogP contribution in [0.1, 0.15) is 25.7 Å². The van der Waals surface area contributed by atoms with Crippen LogP contribution in [0.15, 0.2) is 5.10 Å². The van der Waals surface area contributed by atoms with Gasteiger partial charge in [0.1, 0.15) is 6.61 Å². The summed E-state index contributed by atoms with van der Waals surface area (Å²) in [5.74, 6) is 0. The molecule has 1 amide bonds. The minimum Gasteiger partial charge on any atom is -0.448 e. The number of likely N-dealkylation sites (tertiary alicyclic amines) is 1. The van der Waals surface area contributed by atoms with Crippen molar-refractivity contribution in [1.29, 1.82) is 0 Å². The van der Waals surface area contributed by atoms with Crippen LogP contribution in [0.5, 0.6) is 0 Å². The summed E-state index contributed by atoms with van der Waals surface area (Å²) in [6.45, 7) is 2.13. The van der Waals surface area contributed by atoms with Gasteiger partial charge in [0.2, 0.25) is 0 Å². The highest BCUT2D eigenvalue weighted by Gasteiger charge is 2.36. The smallest absolute Gasteiger partial charge is 0.409 e. The molecule has 0 aliphatic carbocycles. The lowest BCUT2D eigenvalue weighted by Crippen LogP contribution is -2.54. The fourth-order valence-corrected chi connectivity index (χ4v) is 2.36. The molecule has 1 spiro atoms. The average Bonchev–Trinajstić information content (AvgIpc) is 2.38. The molecule has 2 rings (SSSR count). The van der Waals surface area contributed by atoms with Crippen molar-refractivity contribution in [2.24, 2.45) is 10.8 Å². The first-order valence-corrected chi connectivity index (χ1v) is 6.16. The van der Waals surface area contributed by atoms with E-state index >= 15 is 0 Å². The molecule has 0 bridgehead atoms. The molecule has 6 heteroatoms. The minimum atomic E-state index is -0.246. The second-order valence-electron chi connectivity index (χ2n) is 4.63. The molecule has 0 aromatic rings. The molecule has 0 saturated carbocycles. The topological polar surface area (TPSA) is 80.0 Å². The van der Waals surface area contributed by atoms with Crippen molar-refractivity contribution < 1.29 is 9.53 Å². The number of nitrogens with one attached hydrogen (secondary N) is 1. The molecule has 2 aliphatic rings. The van der Waals surface area contributed by atoms with Gasteiger partial charge in [-0.2, -0.15) is 5.10 Å². The van der Waals surface area contributed by atoms with Crippen molar-refractivity contribution in [3.8, 4) is 0 Å². The van der Waals surface area contributed by atoms with Gasteiger partial charge >= 0.3 is 6.09 Å². The van der Waals surface area contributed by atoms with Gasteiger partial charge < -0.3 is 20.8 Å². The number of nitrogens with zero attached hydrogens (tertiary/aromatic N) is 2. The Morgan fingerprint density at radius 2 is 2.24 bits per heavy atom. The number of carbonyl (C=O) groups excluding carboxylic acids is 1. The van der Waals surface area contributed by atoms with Gasteiger partial charge in [-0.3, -0.25) is 0 Å². The lowest BCUT2D eigenvalue weighted by molar-refractivity contribution is 0.0765. The SMILES string of the molecule is NCCOC(=O)N1CCC2(CCC=NN2)CC1. The fraction of sp³-hybridized carbons (Fsp3) is 0.818. The molecular formula is C11H20N4O2. The highest BCUT2D eigenvalue weighted by Crippen LogP contribution is 2.28. The fourth-order valence-electron chi connectivity index (χ4n) is 2.36. The van der Waals surface area contributed by atoms with Gasteiger partial charge in [-0.25, -0.2) is 4.79 Å². The Balaban J connectivity index is 1.81. The molecule has 1 saturated heterocycles. The molecule has 0 atom stereocenters. The predicted molar refractivity (Wildman–Crippen MR) is 64.8 cm³/mol. The van der Waals surface area contributed by atoms with Gasteiger partial charge in [0, 0.05) is 25.8 Å². The second kappa shape index (κ2) is 5.35. The van der Waals surface area contributed by atoms with Crippen molar-refractivity contribution >= 4 is 12.3 Å². The number of hydrazone groups is 1. The summed E-state index contributed by atoms with van der Waals surface area (Å²) in [5, 5.41) is 4.15. The summed E-state index contributed by atoms with van der Waals surface area (Å²) in [5.41, 5.74) is 8.60. The summed E-state index contributed by atoms with van der Waals surface area (Å²) in [6.07, 6.45) is 5.65. The zero-order valence-corrected chi connectivity index (χ0v) is 10.0. The summed E-state index contributed by atoms with van der Waals surface area (Å²) < 4.78 is 5.02. The van der Waals surface area contributed by atoms with Gasteiger partial charge in [-0.05, 0) is 25.7 Å². The molecule has 0 radical (unpaired) electrons. The van der Waals surface area contributed by atoms with E-state index in [1.807, 2.05) is 6.21 Å². The molecule has 2 heterocycles. The van der Waals surface area contributed by atoms with Gasteiger partial charge in [-0.15, -0.1) is 0 Å². The molecule has 0 aromatic heterocycles. The number of rotatable bonds is 2. The van der Waals surface area contributed by atoms with E-state index in [1.165, 1.54) is 0 Å². The largest absolute Gasteiger partial charge is 0.448 e. The molecule has 17 heavy (non-hydrogen) atoms. The van der Waals surface area contributed by atoms with Gasteiger partial charge in [0.25, 0.3) is 0 Å². The first kappa shape index (κ1) is 12.2. The second-order valence-corrected chi connectivity index (χ2v) is 4.63. The molecule has 3 N–H and O–H groups in total. The zero-order valence-electron chi connectivity index (χ0n) is 10.0. The lowest BCUT2D eigenvalue weighted by atomic mass is 9.83. The van der Waals surface area contributed by atoms with Crippen LogP contribution in [-0.2, 0) is 4.74 Å². The van der Waals surface area contributed by atoms with Crippen LogP contribution in [0.3, 0.4) is 0 Å². The zero-order chi connectivity index (χ0) is 12.1. The van der Waals surface area contributed by atoms with Crippen LogP contribution < -0.4 is 11.2 Å².